The van der Waals surface area contributed by atoms with Gasteiger partial charge in [0.15, 0.2) is 5.13 Å². The predicted molar refractivity (Wildman–Crippen MR) is 120 cm³/mol. The number of ether oxygens (including phenoxy) is 1. The third-order valence-electron chi connectivity index (χ3n) is 5.56. The van der Waals surface area contributed by atoms with E-state index in [1.54, 1.807) is 11.3 Å². The normalized spacial score (nSPS) is 16.7. The van der Waals surface area contributed by atoms with Gasteiger partial charge in [0.1, 0.15) is 0 Å². The van der Waals surface area contributed by atoms with Crippen LogP contribution in [0.15, 0.2) is 36.4 Å². The molecule has 0 aliphatic carbocycles. The van der Waals surface area contributed by atoms with Crippen LogP contribution in [0.3, 0.4) is 0 Å². The van der Waals surface area contributed by atoms with E-state index in [0.29, 0.717) is 12.5 Å². The highest BCUT2D eigenvalue weighted by molar-refractivity contribution is 7.22. The van der Waals surface area contributed by atoms with Gasteiger partial charge in [0.05, 0.1) is 22.9 Å². The zero-order chi connectivity index (χ0) is 20.5. The molecule has 1 saturated heterocycles. The second-order valence-corrected chi connectivity index (χ2v) is 9.22. The highest BCUT2D eigenvalue weighted by atomic mass is 32.1. The minimum absolute atomic E-state index is 0.00292. The zero-order valence-electron chi connectivity index (χ0n) is 17.6. The first-order chi connectivity index (χ1) is 13.9. The lowest BCUT2D eigenvalue weighted by Crippen LogP contribution is -2.37. The van der Waals surface area contributed by atoms with Crippen molar-refractivity contribution >= 4 is 32.6 Å². The van der Waals surface area contributed by atoms with E-state index in [2.05, 4.69) is 38.1 Å². The number of carbonyl (C=O) groups excluding carboxylic acids is 1. The van der Waals surface area contributed by atoms with Gasteiger partial charge in [-0.15, -0.1) is 0 Å². The molecular formula is C24H28N2O2S. The Kier molecular flexibility index (Phi) is 5.70. The molecule has 0 bridgehead atoms. The fourth-order valence-electron chi connectivity index (χ4n) is 3.98. The third kappa shape index (κ3) is 4.07. The lowest BCUT2D eigenvalue weighted by molar-refractivity contribution is 0.0917. The van der Waals surface area contributed by atoms with Crippen LogP contribution in [-0.4, -0.2) is 30.1 Å². The van der Waals surface area contributed by atoms with E-state index in [4.69, 9.17) is 9.72 Å². The van der Waals surface area contributed by atoms with Crippen molar-refractivity contribution < 1.29 is 9.53 Å². The first-order valence-electron chi connectivity index (χ1n) is 10.3. The Hall–Kier alpha value is -2.24. The minimum atomic E-state index is 0.00292. The lowest BCUT2D eigenvalue weighted by atomic mass is 10.0. The van der Waals surface area contributed by atoms with E-state index in [0.717, 1.165) is 51.5 Å². The average molecular weight is 409 g/mol. The monoisotopic (exact) mass is 408 g/mol. The Morgan fingerprint density at radius 3 is 2.79 bits per heavy atom. The molecule has 2 heterocycles. The van der Waals surface area contributed by atoms with Gasteiger partial charge in [-0.2, -0.15) is 0 Å². The van der Waals surface area contributed by atoms with Crippen molar-refractivity contribution in [2.45, 2.75) is 52.6 Å². The molecule has 29 heavy (non-hydrogen) atoms. The summed E-state index contributed by atoms with van der Waals surface area (Å²) in [5, 5.41) is 0.758. The van der Waals surface area contributed by atoms with Gasteiger partial charge in [0.25, 0.3) is 5.91 Å². The molecule has 152 valence electrons. The molecule has 1 fully saturated rings. The number of amides is 1. The van der Waals surface area contributed by atoms with E-state index in [9.17, 15) is 4.79 Å². The molecule has 0 saturated carbocycles. The molecule has 0 spiro atoms. The summed E-state index contributed by atoms with van der Waals surface area (Å²) in [7, 11) is 0. The van der Waals surface area contributed by atoms with Crippen LogP contribution in [0.25, 0.3) is 10.2 Å². The zero-order valence-corrected chi connectivity index (χ0v) is 18.4. The van der Waals surface area contributed by atoms with Crippen molar-refractivity contribution in [3.05, 3.63) is 58.7 Å². The summed E-state index contributed by atoms with van der Waals surface area (Å²) in [5.74, 6) is 0.387. The Morgan fingerprint density at radius 1 is 1.28 bits per heavy atom. The Labute approximate surface area is 176 Å². The van der Waals surface area contributed by atoms with Crippen LogP contribution in [0.1, 0.15) is 59.7 Å². The quantitative estimate of drug-likeness (QED) is 0.531. The van der Waals surface area contributed by atoms with Crippen LogP contribution >= 0.6 is 11.3 Å². The number of benzene rings is 2. The van der Waals surface area contributed by atoms with Gasteiger partial charge in [-0.25, -0.2) is 4.98 Å². The number of anilines is 1. The number of aryl methyl sites for hydroxylation is 2. The molecule has 1 unspecified atom stereocenters. The van der Waals surface area contributed by atoms with E-state index < -0.39 is 0 Å². The number of hydrogen-bond donors (Lipinski definition) is 0. The summed E-state index contributed by atoms with van der Waals surface area (Å²) in [4.78, 5) is 20.4. The Bertz CT molecular complexity index is 1030. The summed E-state index contributed by atoms with van der Waals surface area (Å²) in [6, 6.07) is 12.3. The van der Waals surface area contributed by atoms with Gasteiger partial charge in [-0.1, -0.05) is 55.0 Å². The second-order valence-electron chi connectivity index (χ2n) is 8.21. The molecule has 2 aromatic carbocycles. The first kappa shape index (κ1) is 20.0. The van der Waals surface area contributed by atoms with Crippen molar-refractivity contribution in [1.82, 2.24) is 4.98 Å². The summed E-state index contributed by atoms with van der Waals surface area (Å²) in [6.45, 7) is 9.72. The van der Waals surface area contributed by atoms with Gasteiger partial charge >= 0.3 is 0 Å². The van der Waals surface area contributed by atoms with Crippen molar-refractivity contribution in [1.29, 1.82) is 0 Å². The number of nitrogens with zero attached hydrogens (tertiary/aromatic N) is 2. The second kappa shape index (κ2) is 8.25. The summed E-state index contributed by atoms with van der Waals surface area (Å²) in [5.41, 5.74) is 5.12. The largest absolute Gasteiger partial charge is 0.376 e. The molecule has 1 aromatic heterocycles. The predicted octanol–water partition coefficient (Wildman–Crippen LogP) is 5.86. The molecule has 1 amide bonds. The topological polar surface area (TPSA) is 42.4 Å². The van der Waals surface area contributed by atoms with Crippen LogP contribution < -0.4 is 4.90 Å². The standard InChI is InChI=1S/C24H28N2O2S/c1-15(2)19-8-5-9-21-22(19)25-24(29-21)26(14-18-7-6-12-28-18)23(27)20-11-10-16(3)13-17(20)4/h5,8-11,13,15,18H,6-7,12,14H2,1-4H3. The maximum Gasteiger partial charge on any atom is 0.260 e. The van der Waals surface area contributed by atoms with Crippen LogP contribution in [0.4, 0.5) is 5.13 Å². The van der Waals surface area contributed by atoms with Gasteiger partial charge in [-0.05, 0) is 55.9 Å². The van der Waals surface area contributed by atoms with Crippen LogP contribution in [0, 0.1) is 13.8 Å². The summed E-state index contributed by atoms with van der Waals surface area (Å²) in [6.07, 6.45) is 2.10. The van der Waals surface area contributed by atoms with Crippen molar-refractivity contribution in [3.8, 4) is 0 Å². The molecule has 0 N–H and O–H groups in total. The molecule has 3 aromatic rings. The minimum Gasteiger partial charge on any atom is -0.376 e. The number of hydrogen-bond acceptors (Lipinski definition) is 4. The average Bonchev–Trinajstić information content (AvgIpc) is 3.34. The Morgan fingerprint density at radius 2 is 2.10 bits per heavy atom. The number of para-hydroxylation sites is 1. The molecule has 1 atom stereocenters. The van der Waals surface area contributed by atoms with Crippen molar-refractivity contribution in [2.24, 2.45) is 0 Å². The molecule has 0 radical (unpaired) electrons. The smallest absolute Gasteiger partial charge is 0.260 e. The third-order valence-corrected chi connectivity index (χ3v) is 6.60. The first-order valence-corrected chi connectivity index (χ1v) is 11.2. The van der Waals surface area contributed by atoms with Gasteiger partial charge < -0.3 is 4.74 Å². The molecular weight excluding hydrogens is 380 g/mol. The lowest BCUT2D eigenvalue weighted by Gasteiger charge is -2.24. The SMILES string of the molecule is Cc1ccc(C(=O)N(CC2CCCO2)c2nc3c(C(C)C)cccc3s2)c(C)c1. The molecule has 4 rings (SSSR count). The van der Waals surface area contributed by atoms with E-state index in [1.165, 1.54) is 5.56 Å². The molecule has 4 nitrogen and oxygen atoms in total. The number of thiazole rings is 1. The summed E-state index contributed by atoms with van der Waals surface area (Å²) >= 11 is 1.59. The highest BCUT2D eigenvalue weighted by Gasteiger charge is 2.28. The molecule has 1 aliphatic rings. The van der Waals surface area contributed by atoms with E-state index >= 15 is 0 Å². The molecule has 5 heteroatoms. The summed E-state index contributed by atoms with van der Waals surface area (Å²) < 4.78 is 6.98. The maximum absolute atomic E-state index is 13.6. The number of aromatic nitrogens is 1. The van der Waals surface area contributed by atoms with Gasteiger partial charge in [0, 0.05) is 12.2 Å². The fourth-order valence-corrected chi connectivity index (χ4v) is 4.99. The fraction of sp³-hybridized carbons (Fsp3) is 0.417. The molecule has 1 aliphatic heterocycles. The van der Waals surface area contributed by atoms with E-state index in [-0.39, 0.29) is 12.0 Å². The highest BCUT2D eigenvalue weighted by Crippen LogP contribution is 2.35. The van der Waals surface area contributed by atoms with E-state index in [1.807, 2.05) is 30.9 Å². The Balaban J connectivity index is 1.77. The van der Waals surface area contributed by atoms with Gasteiger partial charge in [0.2, 0.25) is 0 Å². The van der Waals surface area contributed by atoms with Crippen LogP contribution in [0.2, 0.25) is 0 Å². The van der Waals surface area contributed by atoms with Crippen LogP contribution in [0.5, 0.6) is 0 Å². The van der Waals surface area contributed by atoms with Gasteiger partial charge in [-0.3, -0.25) is 9.69 Å². The number of fused-ring (bicyclic) bond motifs is 1. The number of carbonyl (C=O) groups is 1. The van der Waals surface area contributed by atoms with Crippen molar-refractivity contribution in [3.63, 3.8) is 0 Å². The maximum atomic E-state index is 13.6. The number of rotatable bonds is 5. The van der Waals surface area contributed by atoms with Crippen LogP contribution in [-0.2, 0) is 4.74 Å². The van der Waals surface area contributed by atoms with Crippen molar-refractivity contribution in [2.75, 3.05) is 18.1 Å².